The zero-order chi connectivity index (χ0) is 25.2. The van der Waals surface area contributed by atoms with Crippen LogP contribution in [-0.4, -0.2) is 31.3 Å². The molecule has 9 heteroatoms. The zero-order valence-corrected chi connectivity index (χ0v) is 24.2. The van der Waals surface area contributed by atoms with Crippen LogP contribution in [0.25, 0.3) is 0 Å². The fourth-order valence-corrected chi connectivity index (χ4v) is 4.36. The number of hydrogen-bond donors (Lipinski definition) is 1. The number of rotatable bonds is 8. The van der Waals surface area contributed by atoms with E-state index in [9.17, 15) is 14.7 Å². The van der Waals surface area contributed by atoms with Crippen molar-refractivity contribution in [2.45, 2.75) is 31.1 Å². The second-order valence-electron chi connectivity index (χ2n) is 7.98. The van der Waals surface area contributed by atoms with Gasteiger partial charge in [0.05, 0.1) is 11.6 Å². The van der Waals surface area contributed by atoms with Crippen LogP contribution in [-0.2, 0) is 9.59 Å². The van der Waals surface area contributed by atoms with Crippen LogP contribution in [0.5, 0.6) is 17.2 Å². The first-order valence-corrected chi connectivity index (χ1v) is 12.5. The number of carboxylic acid groups (broad SMARTS) is 1. The molecule has 3 aromatic rings. The third-order valence-corrected chi connectivity index (χ3v) is 6.57. The van der Waals surface area contributed by atoms with Crippen LogP contribution in [0, 0.1) is 13.8 Å². The maximum Gasteiger partial charge on any atom is 1.00 e. The van der Waals surface area contributed by atoms with E-state index in [-0.39, 0.29) is 29.6 Å². The van der Waals surface area contributed by atoms with E-state index < -0.39 is 11.9 Å². The minimum Gasteiger partial charge on any atom is -0.549 e. The monoisotopic (exact) mass is 535 g/mol. The molecule has 0 saturated carbocycles. The summed E-state index contributed by atoms with van der Waals surface area (Å²) in [6.45, 7) is 5.12. The van der Waals surface area contributed by atoms with Crippen LogP contribution in [0.3, 0.4) is 0 Å². The van der Waals surface area contributed by atoms with Gasteiger partial charge in [-0.05, 0) is 50.6 Å². The summed E-state index contributed by atoms with van der Waals surface area (Å²) < 4.78 is 11.3. The van der Waals surface area contributed by atoms with E-state index in [4.69, 9.17) is 21.1 Å². The van der Waals surface area contributed by atoms with Crippen LogP contribution in [0.4, 0.5) is 0 Å². The Morgan fingerprint density at radius 1 is 1.14 bits per heavy atom. The average molecular weight is 536 g/mol. The van der Waals surface area contributed by atoms with Crippen molar-refractivity contribution >= 4 is 35.7 Å². The fourth-order valence-electron chi connectivity index (χ4n) is 3.37. The van der Waals surface area contributed by atoms with Gasteiger partial charge in [-0.25, -0.2) is 0 Å². The Hall–Kier alpha value is -2.16. The number of carbonyl (C=O) groups is 2. The standard InChI is InChI=1S/C17H15ClO4.C10H13NOS.Na/c1-10-2-4-11(5-3-10)22-16-9-15-13(8-14(16)18)12(17(19)20)6-7-21-15;1-9-2-4-10(5-3-9)13-7-6-11-8-12;/h2-5,8-9,12H,6-7H2,1H3,(H,19,20);2-5,8H,6-7H2,1H3,(H,11,12);/q;;+1/p-1. The number of amides is 1. The molecule has 1 unspecified atom stereocenters. The van der Waals surface area contributed by atoms with E-state index in [1.54, 1.807) is 23.9 Å². The van der Waals surface area contributed by atoms with Crippen LogP contribution >= 0.6 is 23.4 Å². The van der Waals surface area contributed by atoms with Crippen LogP contribution in [0.1, 0.15) is 29.0 Å². The third kappa shape index (κ3) is 9.05. The predicted molar refractivity (Wildman–Crippen MR) is 137 cm³/mol. The van der Waals surface area contributed by atoms with Crippen LogP contribution in [0.2, 0.25) is 5.02 Å². The van der Waals surface area contributed by atoms with Gasteiger partial charge in [-0.15, -0.1) is 11.8 Å². The van der Waals surface area contributed by atoms with E-state index in [2.05, 4.69) is 36.5 Å². The molecule has 1 atom stereocenters. The van der Waals surface area contributed by atoms with Gasteiger partial charge < -0.3 is 24.7 Å². The van der Waals surface area contributed by atoms with Gasteiger partial charge in [-0.3, -0.25) is 4.79 Å². The molecule has 1 N–H and O–H groups in total. The van der Waals surface area contributed by atoms with Crippen molar-refractivity contribution in [3.63, 3.8) is 0 Å². The molecule has 0 saturated heterocycles. The summed E-state index contributed by atoms with van der Waals surface area (Å²) in [7, 11) is 0. The van der Waals surface area contributed by atoms with Crippen molar-refractivity contribution in [1.82, 2.24) is 5.32 Å². The first kappa shape index (κ1) is 30.1. The molecule has 0 fully saturated rings. The number of fused-ring (bicyclic) bond motifs is 1. The first-order valence-electron chi connectivity index (χ1n) is 11.2. The molecule has 1 heterocycles. The maximum atomic E-state index is 11.2. The molecule has 0 aliphatic carbocycles. The van der Waals surface area contributed by atoms with Crippen molar-refractivity contribution in [2.75, 3.05) is 18.9 Å². The Labute approximate surface area is 243 Å². The summed E-state index contributed by atoms with van der Waals surface area (Å²) in [6.07, 6.45) is 1.11. The van der Waals surface area contributed by atoms with Crippen molar-refractivity contribution in [1.29, 1.82) is 0 Å². The summed E-state index contributed by atoms with van der Waals surface area (Å²) in [4.78, 5) is 22.4. The summed E-state index contributed by atoms with van der Waals surface area (Å²) in [5.74, 6) is 0.666. The van der Waals surface area contributed by atoms with E-state index in [1.165, 1.54) is 10.5 Å². The van der Waals surface area contributed by atoms with Gasteiger partial charge in [0.1, 0.15) is 17.2 Å². The molecule has 36 heavy (non-hydrogen) atoms. The van der Waals surface area contributed by atoms with E-state index in [0.29, 0.717) is 40.9 Å². The van der Waals surface area contributed by atoms with Gasteiger partial charge in [0.15, 0.2) is 0 Å². The second kappa shape index (κ2) is 15.2. The topological polar surface area (TPSA) is 87.7 Å². The molecule has 0 aromatic heterocycles. The van der Waals surface area contributed by atoms with Crippen LogP contribution in [0.15, 0.2) is 65.6 Å². The number of aryl methyl sites for hydroxylation is 2. The number of benzene rings is 3. The van der Waals surface area contributed by atoms with Crippen LogP contribution < -0.4 is 49.5 Å². The van der Waals surface area contributed by atoms with Crippen molar-refractivity contribution in [3.8, 4) is 17.2 Å². The summed E-state index contributed by atoms with van der Waals surface area (Å²) in [6, 6.07) is 19.2. The van der Waals surface area contributed by atoms with E-state index in [0.717, 1.165) is 24.3 Å². The molecule has 1 aliphatic rings. The van der Waals surface area contributed by atoms with E-state index >= 15 is 0 Å². The van der Waals surface area contributed by atoms with Gasteiger partial charge in [-0.2, -0.15) is 0 Å². The average Bonchev–Trinajstić information content (AvgIpc) is 2.85. The Balaban J connectivity index is 0.000000281. The number of nitrogens with one attached hydrogen (secondary N) is 1. The Morgan fingerprint density at radius 2 is 1.78 bits per heavy atom. The van der Waals surface area contributed by atoms with Crippen molar-refractivity contribution in [2.24, 2.45) is 0 Å². The molecular formula is C27H27ClNNaO5S. The number of thioether (sulfide) groups is 1. The summed E-state index contributed by atoms with van der Waals surface area (Å²) in [5, 5.41) is 14.2. The molecule has 1 aliphatic heterocycles. The largest absolute Gasteiger partial charge is 1.00 e. The van der Waals surface area contributed by atoms with Gasteiger partial charge in [0, 0.05) is 40.7 Å². The van der Waals surface area contributed by atoms with Gasteiger partial charge in [0.2, 0.25) is 6.41 Å². The van der Waals surface area contributed by atoms with Gasteiger partial charge >= 0.3 is 29.6 Å². The molecule has 6 nitrogen and oxygen atoms in total. The molecule has 3 aromatic carbocycles. The smallest absolute Gasteiger partial charge is 0.549 e. The summed E-state index contributed by atoms with van der Waals surface area (Å²) in [5.41, 5.74) is 2.94. The predicted octanol–water partition coefficient (Wildman–Crippen LogP) is 1.89. The van der Waals surface area contributed by atoms with Crippen molar-refractivity contribution < 1.29 is 53.7 Å². The van der Waals surface area contributed by atoms with Gasteiger partial charge in [-0.1, -0.05) is 47.0 Å². The number of aliphatic carboxylic acids is 1. The van der Waals surface area contributed by atoms with E-state index in [1.807, 2.05) is 31.2 Å². The normalized spacial score (nSPS) is 13.6. The molecule has 0 bridgehead atoms. The number of carbonyl (C=O) groups excluding carboxylic acids is 2. The third-order valence-electron chi connectivity index (χ3n) is 5.26. The number of halogens is 1. The fraction of sp³-hybridized carbons (Fsp3) is 0.259. The SMILES string of the molecule is Cc1ccc(Oc2cc3c(cc2Cl)C(C(=O)[O-])CCO3)cc1.Cc1ccc(SCCNC=O)cc1.[Na+]. The molecule has 0 radical (unpaired) electrons. The Bertz CT molecular complexity index is 1140. The molecule has 1 amide bonds. The Kier molecular flexibility index (Phi) is 12.7. The molecule has 184 valence electrons. The maximum absolute atomic E-state index is 11.2. The Morgan fingerprint density at radius 3 is 2.39 bits per heavy atom. The second-order valence-corrected chi connectivity index (χ2v) is 9.55. The van der Waals surface area contributed by atoms with Gasteiger partial charge in [0.25, 0.3) is 0 Å². The first-order chi connectivity index (χ1) is 16.9. The molecule has 4 rings (SSSR count). The number of carboxylic acids is 1. The molecule has 0 spiro atoms. The van der Waals surface area contributed by atoms with Crippen molar-refractivity contribution in [3.05, 3.63) is 82.4 Å². The minimum atomic E-state index is -1.12. The number of ether oxygens (including phenoxy) is 2. The zero-order valence-electron chi connectivity index (χ0n) is 20.6. The minimum absolute atomic E-state index is 0. The quantitative estimate of drug-likeness (QED) is 0.205. The molecular weight excluding hydrogens is 509 g/mol. The number of hydrogen-bond acceptors (Lipinski definition) is 6. The summed E-state index contributed by atoms with van der Waals surface area (Å²) >= 11 is 7.97.